The van der Waals surface area contributed by atoms with Crippen molar-refractivity contribution in [3.05, 3.63) is 42.0 Å². The zero-order chi connectivity index (χ0) is 11.0. The van der Waals surface area contributed by atoms with Crippen LogP contribution in [0.4, 0.5) is 5.82 Å². The fourth-order valence-corrected chi connectivity index (χ4v) is 2.02. The second-order valence-corrected chi connectivity index (χ2v) is 3.84. The number of rotatable bonds is 1. The van der Waals surface area contributed by atoms with E-state index in [0.29, 0.717) is 5.82 Å². The molecule has 0 saturated carbocycles. The molecular weight excluding hydrogens is 200 g/mol. The van der Waals surface area contributed by atoms with Gasteiger partial charge in [0.05, 0.1) is 12.3 Å². The molecule has 1 aliphatic rings. The molecule has 3 nitrogen and oxygen atoms in total. The first-order valence-corrected chi connectivity index (χ1v) is 5.32. The lowest BCUT2D eigenvalue weighted by Crippen LogP contribution is -1.93. The zero-order valence-corrected chi connectivity index (χ0v) is 8.81. The summed E-state index contributed by atoms with van der Waals surface area (Å²) in [5.41, 5.74) is 8.84. The highest BCUT2D eigenvalue weighted by atomic mass is 16.5. The average molecular weight is 212 g/mol. The van der Waals surface area contributed by atoms with Crippen molar-refractivity contribution in [3.63, 3.8) is 0 Å². The van der Waals surface area contributed by atoms with Gasteiger partial charge in [-0.3, -0.25) is 0 Å². The SMILES string of the molecule is Nc1cccc(-c2cccc3c2OCC3)n1. The summed E-state index contributed by atoms with van der Waals surface area (Å²) in [7, 11) is 0. The van der Waals surface area contributed by atoms with E-state index in [4.69, 9.17) is 10.5 Å². The number of nitrogens with zero attached hydrogens (tertiary/aromatic N) is 1. The van der Waals surface area contributed by atoms with Gasteiger partial charge in [0.2, 0.25) is 0 Å². The minimum absolute atomic E-state index is 0.535. The molecule has 0 saturated heterocycles. The monoisotopic (exact) mass is 212 g/mol. The van der Waals surface area contributed by atoms with Gasteiger partial charge < -0.3 is 10.5 Å². The lowest BCUT2D eigenvalue weighted by atomic mass is 10.1. The van der Waals surface area contributed by atoms with E-state index in [-0.39, 0.29) is 0 Å². The van der Waals surface area contributed by atoms with E-state index in [0.717, 1.165) is 30.0 Å². The number of benzene rings is 1. The number of nitrogens with two attached hydrogens (primary N) is 1. The summed E-state index contributed by atoms with van der Waals surface area (Å²) in [6, 6.07) is 11.8. The topological polar surface area (TPSA) is 48.1 Å². The third kappa shape index (κ3) is 1.41. The van der Waals surface area contributed by atoms with Crippen molar-refractivity contribution in [1.29, 1.82) is 0 Å². The first-order chi connectivity index (χ1) is 7.84. The molecule has 0 radical (unpaired) electrons. The summed E-state index contributed by atoms with van der Waals surface area (Å²) in [5, 5.41) is 0. The Hall–Kier alpha value is -2.03. The molecule has 16 heavy (non-hydrogen) atoms. The van der Waals surface area contributed by atoms with Crippen molar-refractivity contribution in [3.8, 4) is 17.0 Å². The quantitative estimate of drug-likeness (QED) is 0.788. The van der Waals surface area contributed by atoms with Crippen LogP contribution in [0, 0.1) is 0 Å². The van der Waals surface area contributed by atoms with Gasteiger partial charge in [0.15, 0.2) is 0 Å². The molecule has 3 heteroatoms. The summed E-state index contributed by atoms with van der Waals surface area (Å²) in [5.74, 6) is 1.49. The summed E-state index contributed by atoms with van der Waals surface area (Å²) in [6.07, 6.45) is 0.978. The van der Waals surface area contributed by atoms with Crippen LogP contribution in [0.3, 0.4) is 0 Å². The summed E-state index contributed by atoms with van der Waals surface area (Å²) in [6.45, 7) is 0.759. The van der Waals surface area contributed by atoms with Crippen molar-refractivity contribution >= 4 is 5.82 Å². The van der Waals surface area contributed by atoms with E-state index >= 15 is 0 Å². The molecule has 80 valence electrons. The lowest BCUT2D eigenvalue weighted by molar-refractivity contribution is 0.358. The molecule has 3 rings (SSSR count). The molecule has 0 aliphatic carbocycles. The summed E-state index contributed by atoms with van der Waals surface area (Å²) >= 11 is 0. The van der Waals surface area contributed by atoms with Gasteiger partial charge in [0.1, 0.15) is 11.6 Å². The smallest absolute Gasteiger partial charge is 0.132 e. The predicted octanol–water partition coefficient (Wildman–Crippen LogP) is 2.27. The fourth-order valence-electron chi connectivity index (χ4n) is 2.02. The lowest BCUT2D eigenvalue weighted by Gasteiger charge is -2.07. The highest BCUT2D eigenvalue weighted by Gasteiger charge is 2.17. The Balaban J connectivity index is 2.17. The minimum Gasteiger partial charge on any atom is -0.492 e. The third-order valence-corrected chi connectivity index (χ3v) is 2.76. The Labute approximate surface area is 93.9 Å². The van der Waals surface area contributed by atoms with E-state index in [1.165, 1.54) is 5.56 Å². The first kappa shape index (κ1) is 9.21. The van der Waals surface area contributed by atoms with E-state index in [9.17, 15) is 0 Å². The number of para-hydroxylation sites is 1. The fraction of sp³-hybridized carbons (Fsp3) is 0.154. The number of pyridine rings is 1. The summed E-state index contributed by atoms with van der Waals surface area (Å²) < 4.78 is 5.64. The number of hydrogen-bond acceptors (Lipinski definition) is 3. The molecule has 1 aliphatic heterocycles. The Morgan fingerprint density at radius 2 is 2.00 bits per heavy atom. The van der Waals surface area contributed by atoms with Crippen molar-refractivity contribution in [1.82, 2.24) is 4.98 Å². The molecule has 0 atom stereocenters. The molecular formula is C13H12N2O. The molecule has 0 spiro atoms. The van der Waals surface area contributed by atoms with Gasteiger partial charge in [0.25, 0.3) is 0 Å². The minimum atomic E-state index is 0.535. The van der Waals surface area contributed by atoms with Crippen LogP contribution in [0.2, 0.25) is 0 Å². The van der Waals surface area contributed by atoms with Gasteiger partial charge in [-0.15, -0.1) is 0 Å². The van der Waals surface area contributed by atoms with Crippen LogP contribution in [0.15, 0.2) is 36.4 Å². The van der Waals surface area contributed by atoms with E-state index < -0.39 is 0 Å². The Morgan fingerprint density at radius 3 is 2.88 bits per heavy atom. The molecule has 0 amide bonds. The molecule has 1 aromatic carbocycles. The van der Waals surface area contributed by atoms with Crippen molar-refractivity contribution < 1.29 is 4.74 Å². The summed E-state index contributed by atoms with van der Waals surface area (Å²) in [4.78, 5) is 4.32. The maximum absolute atomic E-state index is 5.69. The van der Waals surface area contributed by atoms with Crippen LogP contribution in [0.25, 0.3) is 11.3 Å². The normalized spacial score (nSPS) is 13.2. The van der Waals surface area contributed by atoms with Gasteiger partial charge in [0, 0.05) is 12.0 Å². The Kier molecular flexibility index (Phi) is 2.03. The molecule has 0 bridgehead atoms. The van der Waals surface area contributed by atoms with Crippen LogP contribution in [0.5, 0.6) is 5.75 Å². The van der Waals surface area contributed by atoms with Crippen molar-refractivity contribution in [2.75, 3.05) is 12.3 Å². The van der Waals surface area contributed by atoms with Crippen LogP contribution >= 0.6 is 0 Å². The Morgan fingerprint density at radius 1 is 1.12 bits per heavy atom. The van der Waals surface area contributed by atoms with Gasteiger partial charge in [-0.1, -0.05) is 18.2 Å². The zero-order valence-electron chi connectivity index (χ0n) is 8.81. The molecule has 0 unspecified atom stereocenters. The largest absolute Gasteiger partial charge is 0.492 e. The molecule has 0 fully saturated rings. The number of hydrogen-bond donors (Lipinski definition) is 1. The highest BCUT2D eigenvalue weighted by molar-refractivity contribution is 5.70. The van der Waals surface area contributed by atoms with Crippen LogP contribution in [0.1, 0.15) is 5.56 Å². The third-order valence-electron chi connectivity index (χ3n) is 2.76. The molecule has 2 heterocycles. The van der Waals surface area contributed by atoms with Gasteiger partial charge in [-0.05, 0) is 23.8 Å². The predicted molar refractivity (Wildman–Crippen MR) is 63.3 cm³/mol. The maximum Gasteiger partial charge on any atom is 0.132 e. The van der Waals surface area contributed by atoms with Gasteiger partial charge in [-0.25, -0.2) is 4.98 Å². The van der Waals surface area contributed by atoms with Crippen LogP contribution < -0.4 is 10.5 Å². The number of ether oxygens (including phenoxy) is 1. The van der Waals surface area contributed by atoms with Crippen LogP contribution in [-0.2, 0) is 6.42 Å². The van der Waals surface area contributed by atoms with E-state index in [1.807, 2.05) is 24.3 Å². The van der Waals surface area contributed by atoms with Gasteiger partial charge in [-0.2, -0.15) is 0 Å². The molecule has 1 aromatic heterocycles. The average Bonchev–Trinajstić information content (AvgIpc) is 2.76. The number of nitrogen functional groups attached to an aromatic ring is 1. The highest BCUT2D eigenvalue weighted by Crippen LogP contribution is 2.35. The standard InChI is InChI=1S/C13H12N2O/c14-12-6-2-5-11(15-12)10-4-1-3-9-7-8-16-13(9)10/h1-6H,7-8H2,(H2,14,15). The number of fused-ring (bicyclic) bond motifs is 1. The first-order valence-electron chi connectivity index (χ1n) is 5.32. The molecule has 2 aromatic rings. The van der Waals surface area contributed by atoms with E-state index in [1.54, 1.807) is 6.07 Å². The number of anilines is 1. The van der Waals surface area contributed by atoms with E-state index in [2.05, 4.69) is 11.1 Å². The second-order valence-electron chi connectivity index (χ2n) is 3.84. The van der Waals surface area contributed by atoms with Crippen molar-refractivity contribution in [2.24, 2.45) is 0 Å². The second kappa shape index (κ2) is 3.52. The van der Waals surface area contributed by atoms with Crippen LogP contribution in [-0.4, -0.2) is 11.6 Å². The Bertz CT molecular complexity index is 537. The molecule has 2 N–H and O–H groups in total. The number of aromatic nitrogens is 1. The van der Waals surface area contributed by atoms with Crippen molar-refractivity contribution in [2.45, 2.75) is 6.42 Å². The van der Waals surface area contributed by atoms with Gasteiger partial charge >= 0.3 is 0 Å². The maximum atomic E-state index is 5.69.